The van der Waals surface area contributed by atoms with Gasteiger partial charge in [0.05, 0.1) is 0 Å². The van der Waals surface area contributed by atoms with Crippen LogP contribution >= 0.6 is 0 Å². The molecule has 1 saturated heterocycles. The fraction of sp³-hybridized carbons (Fsp3) is 1.00. The van der Waals surface area contributed by atoms with Crippen molar-refractivity contribution >= 4 is 0 Å². The van der Waals surface area contributed by atoms with Crippen LogP contribution in [0.2, 0.25) is 0 Å². The summed E-state index contributed by atoms with van der Waals surface area (Å²) in [7, 11) is 0. The second-order valence-electron chi connectivity index (χ2n) is 3.18. The van der Waals surface area contributed by atoms with Crippen molar-refractivity contribution in [3.63, 3.8) is 0 Å². The highest BCUT2D eigenvalue weighted by Crippen LogP contribution is 2.09. The number of rotatable bonds is 1. The van der Waals surface area contributed by atoms with E-state index in [0.717, 1.165) is 19.6 Å². The van der Waals surface area contributed by atoms with Gasteiger partial charge in [-0.2, -0.15) is 5.06 Å². The molecule has 0 spiro atoms. The summed E-state index contributed by atoms with van der Waals surface area (Å²) < 4.78 is 0. The van der Waals surface area contributed by atoms with E-state index in [1.54, 1.807) is 0 Å². The molecule has 1 unspecified atom stereocenters. The third-order valence-electron chi connectivity index (χ3n) is 2.02. The summed E-state index contributed by atoms with van der Waals surface area (Å²) in [5, 5.41) is 14.0. The predicted molar refractivity (Wildman–Crippen MR) is 40.0 cm³/mol. The molecular weight excluding hydrogens is 128 g/mol. The lowest BCUT2D eigenvalue weighted by Crippen LogP contribution is -2.51. The zero-order valence-corrected chi connectivity index (χ0v) is 6.67. The Balaban J connectivity index is 2.40. The fourth-order valence-corrected chi connectivity index (χ4v) is 1.29. The highest BCUT2D eigenvalue weighted by molar-refractivity contribution is 4.76. The summed E-state index contributed by atoms with van der Waals surface area (Å²) in [6.45, 7) is 6.82. The molecular formula is C7H16N2O. The lowest BCUT2D eigenvalue weighted by Gasteiger charge is -2.33. The van der Waals surface area contributed by atoms with Gasteiger partial charge in [0.15, 0.2) is 0 Å². The van der Waals surface area contributed by atoms with Crippen molar-refractivity contribution in [2.24, 2.45) is 5.92 Å². The van der Waals surface area contributed by atoms with Crippen molar-refractivity contribution in [1.29, 1.82) is 0 Å². The topological polar surface area (TPSA) is 35.5 Å². The van der Waals surface area contributed by atoms with E-state index in [1.807, 2.05) is 0 Å². The Hall–Kier alpha value is -0.120. The molecule has 2 N–H and O–H groups in total. The molecule has 10 heavy (non-hydrogen) atoms. The molecule has 1 atom stereocenters. The van der Waals surface area contributed by atoms with Crippen LogP contribution in [0.15, 0.2) is 0 Å². The summed E-state index contributed by atoms with van der Waals surface area (Å²) in [6, 6.07) is 0.300. The Labute approximate surface area is 62.0 Å². The second-order valence-corrected chi connectivity index (χ2v) is 3.18. The van der Waals surface area contributed by atoms with Crippen LogP contribution in [0.4, 0.5) is 0 Å². The van der Waals surface area contributed by atoms with Crippen LogP contribution in [0.25, 0.3) is 0 Å². The molecule has 3 heteroatoms. The van der Waals surface area contributed by atoms with Gasteiger partial charge in [-0.15, -0.1) is 0 Å². The first-order valence-corrected chi connectivity index (χ1v) is 3.88. The number of hydrogen-bond donors (Lipinski definition) is 2. The Morgan fingerprint density at radius 2 is 2.30 bits per heavy atom. The molecule has 0 radical (unpaired) electrons. The average molecular weight is 144 g/mol. The Morgan fingerprint density at radius 1 is 1.60 bits per heavy atom. The summed E-state index contributed by atoms with van der Waals surface area (Å²) in [5.41, 5.74) is 0. The summed E-state index contributed by atoms with van der Waals surface area (Å²) >= 11 is 0. The monoisotopic (exact) mass is 144 g/mol. The summed E-state index contributed by atoms with van der Waals surface area (Å²) in [4.78, 5) is 0. The third-order valence-corrected chi connectivity index (χ3v) is 2.02. The maximum Gasteiger partial charge on any atom is 0.0498 e. The van der Waals surface area contributed by atoms with Gasteiger partial charge >= 0.3 is 0 Å². The minimum Gasteiger partial charge on any atom is -0.314 e. The van der Waals surface area contributed by atoms with Gasteiger partial charge in [0, 0.05) is 25.7 Å². The van der Waals surface area contributed by atoms with Crippen molar-refractivity contribution in [2.45, 2.75) is 19.9 Å². The molecule has 1 heterocycles. The van der Waals surface area contributed by atoms with E-state index in [4.69, 9.17) is 0 Å². The van der Waals surface area contributed by atoms with Gasteiger partial charge in [-0.1, -0.05) is 13.8 Å². The lowest BCUT2D eigenvalue weighted by molar-refractivity contribution is -0.147. The van der Waals surface area contributed by atoms with E-state index in [0.29, 0.717) is 12.0 Å². The van der Waals surface area contributed by atoms with E-state index < -0.39 is 0 Å². The maximum absolute atomic E-state index is 9.33. The fourth-order valence-electron chi connectivity index (χ4n) is 1.29. The predicted octanol–water partition coefficient (Wildman–Crippen LogP) is 0.305. The van der Waals surface area contributed by atoms with Crippen molar-refractivity contribution in [3.8, 4) is 0 Å². The Morgan fingerprint density at radius 3 is 2.70 bits per heavy atom. The number of hydrogen-bond acceptors (Lipinski definition) is 3. The van der Waals surface area contributed by atoms with Crippen LogP contribution in [0.1, 0.15) is 13.8 Å². The SMILES string of the molecule is CC(C)C1CNCCN1O. The normalized spacial score (nSPS) is 29.4. The number of nitrogens with one attached hydrogen (secondary N) is 1. The van der Waals surface area contributed by atoms with E-state index in [2.05, 4.69) is 19.2 Å². The minimum absolute atomic E-state index is 0.300. The lowest BCUT2D eigenvalue weighted by atomic mass is 10.0. The van der Waals surface area contributed by atoms with Crippen molar-refractivity contribution < 1.29 is 5.21 Å². The number of piperazine rings is 1. The van der Waals surface area contributed by atoms with Gasteiger partial charge in [0.1, 0.15) is 0 Å². The minimum atomic E-state index is 0.300. The molecule has 0 aromatic heterocycles. The molecule has 1 aliphatic heterocycles. The molecule has 3 nitrogen and oxygen atoms in total. The highest BCUT2D eigenvalue weighted by atomic mass is 16.5. The zero-order chi connectivity index (χ0) is 7.56. The van der Waals surface area contributed by atoms with E-state index >= 15 is 0 Å². The molecule has 1 fully saturated rings. The molecule has 1 aliphatic rings. The zero-order valence-electron chi connectivity index (χ0n) is 6.67. The molecule has 0 saturated carbocycles. The average Bonchev–Trinajstić information content (AvgIpc) is 1.88. The van der Waals surface area contributed by atoms with Gasteiger partial charge in [0.2, 0.25) is 0 Å². The van der Waals surface area contributed by atoms with Gasteiger partial charge in [-0.3, -0.25) is 0 Å². The maximum atomic E-state index is 9.33. The molecule has 0 aromatic rings. The Bertz CT molecular complexity index is 106. The first-order chi connectivity index (χ1) is 4.72. The van der Waals surface area contributed by atoms with Crippen LogP contribution in [0, 0.1) is 5.92 Å². The van der Waals surface area contributed by atoms with E-state index in [9.17, 15) is 5.21 Å². The molecule has 0 bridgehead atoms. The second kappa shape index (κ2) is 3.32. The molecule has 1 rings (SSSR count). The summed E-state index contributed by atoms with van der Waals surface area (Å²) in [6.07, 6.45) is 0. The molecule has 0 amide bonds. The highest BCUT2D eigenvalue weighted by Gasteiger charge is 2.22. The van der Waals surface area contributed by atoms with Gasteiger partial charge in [-0.05, 0) is 5.92 Å². The smallest absolute Gasteiger partial charge is 0.0498 e. The number of hydroxylamine groups is 2. The third kappa shape index (κ3) is 1.68. The van der Waals surface area contributed by atoms with Crippen LogP contribution in [0.5, 0.6) is 0 Å². The molecule has 0 aliphatic carbocycles. The van der Waals surface area contributed by atoms with Gasteiger partial charge in [-0.25, -0.2) is 0 Å². The first-order valence-electron chi connectivity index (χ1n) is 3.88. The van der Waals surface area contributed by atoms with E-state index in [-0.39, 0.29) is 0 Å². The number of nitrogens with zero attached hydrogens (tertiary/aromatic N) is 1. The standard InChI is InChI=1S/C7H16N2O/c1-6(2)7-5-8-3-4-9(7)10/h6-8,10H,3-5H2,1-2H3. The molecule has 60 valence electrons. The van der Waals surface area contributed by atoms with Crippen LogP contribution < -0.4 is 5.32 Å². The quantitative estimate of drug-likeness (QED) is 0.556. The molecule has 0 aromatic carbocycles. The largest absolute Gasteiger partial charge is 0.314 e. The van der Waals surface area contributed by atoms with Crippen molar-refractivity contribution in [1.82, 2.24) is 10.4 Å². The van der Waals surface area contributed by atoms with Crippen LogP contribution in [-0.2, 0) is 0 Å². The summed E-state index contributed by atoms with van der Waals surface area (Å²) in [5.74, 6) is 0.526. The van der Waals surface area contributed by atoms with Crippen LogP contribution in [-0.4, -0.2) is 35.9 Å². The van der Waals surface area contributed by atoms with Gasteiger partial charge in [0.25, 0.3) is 0 Å². The van der Waals surface area contributed by atoms with E-state index in [1.165, 1.54) is 5.06 Å². The van der Waals surface area contributed by atoms with Gasteiger partial charge < -0.3 is 10.5 Å². The van der Waals surface area contributed by atoms with Crippen molar-refractivity contribution in [2.75, 3.05) is 19.6 Å². The Kier molecular flexibility index (Phi) is 2.65. The van der Waals surface area contributed by atoms with Crippen molar-refractivity contribution in [3.05, 3.63) is 0 Å². The van der Waals surface area contributed by atoms with Crippen LogP contribution in [0.3, 0.4) is 0 Å². The first kappa shape index (κ1) is 7.98.